The number of ether oxygens (including phenoxy) is 1. The molecule has 0 radical (unpaired) electrons. The molecule has 31 heavy (non-hydrogen) atoms. The summed E-state index contributed by atoms with van der Waals surface area (Å²) < 4.78 is 8.93. The molecule has 0 atom stereocenters. The first-order valence-electron chi connectivity index (χ1n) is 10.5. The third-order valence-electron chi connectivity index (χ3n) is 5.37. The van der Waals surface area contributed by atoms with Crippen molar-refractivity contribution in [3.63, 3.8) is 0 Å². The highest BCUT2D eigenvalue weighted by Gasteiger charge is 2.15. The number of benzene rings is 2. The van der Waals surface area contributed by atoms with Crippen molar-refractivity contribution in [2.75, 3.05) is 31.2 Å². The van der Waals surface area contributed by atoms with E-state index >= 15 is 0 Å². The molecule has 0 aliphatic carbocycles. The molecule has 1 saturated heterocycles. The minimum Gasteiger partial charge on any atom is -0.378 e. The molecule has 5 nitrogen and oxygen atoms in total. The van der Waals surface area contributed by atoms with Crippen molar-refractivity contribution in [1.82, 2.24) is 14.7 Å². The van der Waals surface area contributed by atoms with Gasteiger partial charge in [-0.15, -0.1) is 0 Å². The van der Waals surface area contributed by atoms with Gasteiger partial charge in [0.2, 0.25) is 0 Å². The number of hydrogen-bond donors (Lipinski definition) is 1. The van der Waals surface area contributed by atoms with Crippen LogP contribution in [0, 0.1) is 0 Å². The molecule has 1 aliphatic rings. The van der Waals surface area contributed by atoms with Crippen molar-refractivity contribution in [2.45, 2.75) is 11.4 Å². The number of anilines is 1. The Labute approximate surface area is 186 Å². The molecule has 1 aliphatic heterocycles. The van der Waals surface area contributed by atoms with E-state index < -0.39 is 0 Å². The van der Waals surface area contributed by atoms with Gasteiger partial charge >= 0.3 is 0 Å². The minimum absolute atomic E-state index is 0.751. The summed E-state index contributed by atoms with van der Waals surface area (Å²) >= 11 is 1.64. The van der Waals surface area contributed by atoms with Gasteiger partial charge in [0.05, 0.1) is 30.1 Å². The highest BCUT2D eigenvalue weighted by atomic mass is 32.2. The van der Waals surface area contributed by atoms with E-state index in [-0.39, 0.29) is 0 Å². The second-order valence-electron chi connectivity index (χ2n) is 7.43. The van der Waals surface area contributed by atoms with Crippen molar-refractivity contribution in [3.05, 3.63) is 84.6 Å². The summed E-state index contributed by atoms with van der Waals surface area (Å²) in [5.74, 6) is 0. The average Bonchev–Trinajstić information content (AvgIpc) is 2.85. The van der Waals surface area contributed by atoms with Gasteiger partial charge in [-0.05, 0) is 47.8 Å². The Morgan fingerprint density at radius 2 is 1.71 bits per heavy atom. The van der Waals surface area contributed by atoms with Gasteiger partial charge in [-0.2, -0.15) is 0 Å². The van der Waals surface area contributed by atoms with Gasteiger partial charge in [0.15, 0.2) is 0 Å². The molecule has 2 aromatic heterocycles. The third-order valence-corrected chi connectivity index (χ3v) is 6.17. The van der Waals surface area contributed by atoms with Crippen molar-refractivity contribution in [1.29, 1.82) is 0 Å². The lowest BCUT2D eigenvalue weighted by Gasteiger charge is -2.29. The maximum absolute atomic E-state index is 5.51. The number of pyridine rings is 2. The molecular weight excluding hydrogens is 404 g/mol. The van der Waals surface area contributed by atoms with Gasteiger partial charge in [0, 0.05) is 36.3 Å². The van der Waals surface area contributed by atoms with Crippen molar-refractivity contribution >= 4 is 28.7 Å². The van der Waals surface area contributed by atoms with Gasteiger partial charge in [-0.1, -0.05) is 42.5 Å². The number of nitrogens with one attached hydrogen (secondary N) is 1. The van der Waals surface area contributed by atoms with E-state index in [0.29, 0.717) is 0 Å². The van der Waals surface area contributed by atoms with Crippen LogP contribution in [0.5, 0.6) is 0 Å². The van der Waals surface area contributed by atoms with E-state index in [2.05, 4.69) is 75.3 Å². The van der Waals surface area contributed by atoms with Gasteiger partial charge < -0.3 is 9.64 Å². The van der Waals surface area contributed by atoms with Crippen LogP contribution in [-0.4, -0.2) is 36.3 Å². The Hall–Kier alpha value is -2.93. The highest BCUT2D eigenvalue weighted by molar-refractivity contribution is 7.97. The fourth-order valence-corrected chi connectivity index (χ4v) is 4.40. The fraction of sp³-hybridized carbons (Fsp3) is 0.200. The third kappa shape index (κ3) is 4.71. The van der Waals surface area contributed by atoms with Crippen LogP contribution in [0.1, 0.15) is 5.56 Å². The van der Waals surface area contributed by atoms with E-state index in [0.717, 1.165) is 60.8 Å². The molecule has 0 unspecified atom stereocenters. The van der Waals surface area contributed by atoms with Crippen molar-refractivity contribution < 1.29 is 4.74 Å². The van der Waals surface area contributed by atoms with Crippen LogP contribution in [-0.2, 0) is 11.3 Å². The first kappa shape index (κ1) is 20.0. The molecule has 0 spiro atoms. The number of rotatable bonds is 6. The molecule has 0 saturated carbocycles. The summed E-state index contributed by atoms with van der Waals surface area (Å²) in [5.41, 5.74) is 6.34. The molecule has 1 fully saturated rings. The van der Waals surface area contributed by atoms with Crippen LogP contribution in [0.15, 0.2) is 83.9 Å². The lowest BCUT2D eigenvalue weighted by Crippen LogP contribution is -2.36. The Balaban J connectivity index is 1.33. The van der Waals surface area contributed by atoms with Crippen LogP contribution >= 0.6 is 11.9 Å². The van der Waals surface area contributed by atoms with Gasteiger partial charge in [0.1, 0.15) is 5.52 Å². The maximum Gasteiger partial charge on any atom is 0.113 e. The number of morpholine rings is 1. The second-order valence-corrected chi connectivity index (χ2v) is 8.39. The van der Waals surface area contributed by atoms with E-state index in [4.69, 9.17) is 9.72 Å². The van der Waals surface area contributed by atoms with Gasteiger partial charge in [-0.3, -0.25) is 9.71 Å². The predicted molar refractivity (Wildman–Crippen MR) is 127 cm³/mol. The Bertz CT molecular complexity index is 1150. The lowest BCUT2D eigenvalue weighted by atomic mass is 10.1. The van der Waals surface area contributed by atoms with E-state index in [1.54, 1.807) is 11.9 Å². The minimum atomic E-state index is 0.751. The normalized spacial score (nSPS) is 14.1. The topological polar surface area (TPSA) is 50.3 Å². The monoisotopic (exact) mass is 428 g/mol. The smallest absolute Gasteiger partial charge is 0.113 e. The molecule has 6 heteroatoms. The second kappa shape index (κ2) is 9.47. The highest BCUT2D eigenvalue weighted by Crippen LogP contribution is 2.28. The summed E-state index contributed by atoms with van der Waals surface area (Å²) in [5, 5.41) is 0. The molecule has 156 valence electrons. The SMILES string of the molecule is c1ccc(CNSc2ccc(-c3ccc4nccc(N5CCOCC5)c4n3)cc2)cc1. The van der Waals surface area contributed by atoms with Crippen LogP contribution in [0.2, 0.25) is 0 Å². The quantitative estimate of drug-likeness (QED) is 0.440. The number of aromatic nitrogens is 2. The van der Waals surface area contributed by atoms with Gasteiger partial charge in [-0.25, -0.2) is 4.98 Å². The fourth-order valence-electron chi connectivity index (χ4n) is 3.72. The summed E-state index contributed by atoms with van der Waals surface area (Å²) in [6.07, 6.45) is 1.86. The Morgan fingerprint density at radius 1 is 0.903 bits per heavy atom. The van der Waals surface area contributed by atoms with Crippen LogP contribution in [0.4, 0.5) is 5.69 Å². The van der Waals surface area contributed by atoms with Crippen molar-refractivity contribution in [2.24, 2.45) is 0 Å². The lowest BCUT2D eigenvalue weighted by molar-refractivity contribution is 0.123. The zero-order valence-corrected chi connectivity index (χ0v) is 18.0. The first-order valence-corrected chi connectivity index (χ1v) is 11.3. The molecule has 1 N–H and O–H groups in total. The summed E-state index contributed by atoms with van der Waals surface area (Å²) in [7, 11) is 0. The number of fused-ring (bicyclic) bond motifs is 1. The van der Waals surface area contributed by atoms with E-state index in [1.807, 2.05) is 18.3 Å². The van der Waals surface area contributed by atoms with E-state index in [1.165, 1.54) is 10.5 Å². The first-order chi connectivity index (χ1) is 15.4. The Morgan fingerprint density at radius 3 is 2.52 bits per heavy atom. The molecule has 0 amide bonds. The maximum atomic E-state index is 5.51. The molecule has 0 bridgehead atoms. The van der Waals surface area contributed by atoms with E-state index in [9.17, 15) is 0 Å². The summed E-state index contributed by atoms with van der Waals surface area (Å²) in [6, 6.07) is 25.1. The molecule has 5 rings (SSSR count). The van der Waals surface area contributed by atoms with Gasteiger partial charge in [0.25, 0.3) is 0 Å². The van der Waals surface area contributed by atoms with Crippen LogP contribution in [0.25, 0.3) is 22.3 Å². The number of hydrogen-bond acceptors (Lipinski definition) is 6. The summed E-state index contributed by atoms with van der Waals surface area (Å²) in [4.78, 5) is 13.0. The Kier molecular flexibility index (Phi) is 6.11. The van der Waals surface area contributed by atoms with Crippen LogP contribution < -0.4 is 9.62 Å². The molecule has 3 heterocycles. The predicted octanol–water partition coefficient (Wildman–Crippen LogP) is 4.93. The van der Waals surface area contributed by atoms with Crippen LogP contribution in [0.3, 0.4) is 0 Å². The number of nitrogens with zero attached hydrogens (tertiary/aromatic N) is 3. The molecule has 4 aromatic rings. The largest absolute Gasteiger partial charge is 0.378 e. The molecular formula is C25H24N4OS. The summed E-state index contributed by atoms with van der Waals surface area (Å²) in [6.45, 7) is 4.10. The van der Waals surface area contributed by atoms with Crippen molar-refractivity contribution in [3.8, 4) is 11.3 Å². The average molecular weight is 429 g/mol. The zero-order chi connectivity index (χ0) is 20.9. The molecule has 2 aromatic carbocycles. The zero-order valence-electron chi connectivity index (χ0n) is 17.2. The standard InChI is InChI=1S/C25H24N4OS/c1-2-4-19(5-3-1)18-27-31-21-8-6-20(7-9-21)22-10-11-23-25(28-22)24(12-13-26-23)29-14-16-30-17-15-29/h1-13,27H,14-18H2.